The maximum Gasteiger partial charge on any atom is 0.242 e. The summed E-state index contributed by atoms with van der Waals surface area (Å²) in [5.41, 5.74) is 6.15. The molecule has 0 bridgehead atoms. The fourth-order valence-electron chi connectivity index (χ4n) is 3.12. The van der Waals surface area contributed by atoms with Crippen LogP contribution in [0.3, 0.4) is 0 Å². The molecule has 0 unspecified atom stereocenters. The zero-order valence-electron chi connectivity index (χ0n) is 14.6. The van der Waals surface area contributed by atoms with Crippen molar-refractivity contribution in [2.75, 3.05) is 13.2 Å². The first kappa shape index (κ1) is 20.1. The summed E-state index contributed by atoms with van der Waals surface area (Å²) in [7, 11) is 0. The van der Waals surface area contributed by atoms with Crippen molar-refractivity contribution in [1.29, 1.82) is 0 Å². The number of carbonyl (C=O) groups excluding carboxylic acids is 1. The number of aliphatic hydroxyl groups excluding tert-OH is 1. The van der Waals surface area contributed by atoms with E-state index in [-0.39, 0.29) is 61.7 Å². The van der Waals surface area contributed by atoms with Crippen LogP contribution < -0.4 is 11.1 Å². The molecule has 3 heterocycles. The first-order chi connectivity index (χ1) is 11.4. The van der Waals surface area contributed by atoms with E-state index in [0.29, 0.717) is 18.3 Å². The summed E-state index contributed by atoms with van der Waals surface area (Å²) >= 11 is 0. The van der Waals surface area contributed by atoms with Crippen LogP contribution in [0.4, 0.5) is 0 Å². The molecule has 4 N–H and O–H groups in total. The number of carbonyl (C=O) groups is 1. The van der Waals surface area contributed by atoms with E-state index in [1.165, 1.54) is 0 Å². The van der Waals surface area contributed by atoms with Crippen molar-refractivity contribution in [2.24, 2.45) is 11.7 Å². The van der Waals surface area contributed by atoms with Gasteiger partial charge in [0.2, 0.25) is 5.91 Å². The zero-order chi connectivity index (χ0) is 17.4. The second kappa shape index (κ2) is 7.96. The van der Waals surface area contributed by atoms with E-state index in [0.717, 1.165) is 0 Å². The SMILES string of the molecule is Cc1nc([C@@H](N)C(C)C)n(CC(=O)N[C@H]2CO[C@H]3[C@@H]2OC[C@@H]3O)n1.Cl. The number of ether oxygens (including phenoxy) is 2. The van der Waals surface area contributed by atoms with Crippen LogP contribution in [-0.4, -0.2) is 63.3 Å². The maximum absolute atomic E-state index is 12.4. The topological polar surface area (TPSA) is 125 Å². The Labute approximate surface area is 152 Å². The number of aromatic nitrogens is 3. The van der Waals surface area contributed by atoms with Gasteiger partial charge in [-0.15, -0.1) is 12.4 Å². The van der Waals surface area contributed by atoms with Gasteiger partial charge < -0.3 is 25.6 Å². The monoisotopic (exact) mass is 375 g/mol. The van der Waals surface area contributed by atoms with Gasteiger partial charge in [-0.25, -0.2) is 9.67 Å². The molecule has 1 amide bonds. The first-order valence-corrected chi connectivity index (χ1v) is 8.24. The number of rotatable bonds is 5. The molecule has 9 nitrogen and oxygen atoms in total. The molecule has 0 radical (unpaired) electrons. The lowest BCUT2D eigenvalue weighted by molar-refractivity contribution is -0.123. The lowest BCUT2D eigenvalue weighted by Crippen LogP contribution is -2.45. The van der Waals surface area contributed by atoms with Crippen molar-refractivity contribution in [2.45, 2.75) is 57.7 Å². The number of nitrogens with two attached hydrogens (primary N) is 1. The van der Waals surface area contributed by atoms with Gasteiger partial charge >= 0.3 is 0 Å². The molecular weight excluding hydrogens is 350 g/mol. The number of hydrogen-bond acceptors (Lipinski definition) is 7. The number of fused-ring (bicyclic) bond motifs is 1. The fourth-order valence-corrected chi connectivity index (χ4v) is 3.12. The highest BCUT2D eigenvalue weighted by Crippen LogP contribution is 2.27. The standard InChI is InChI=1S/C15H25N5O4.ClH/c1-7(2)12(16)15-17-8(3)19-20(15)4-11(22)18-9-5-23-14-10(21)6-24-13(9)14;/h7,9-10,12-14,21H,4-6,16H2,1-3H3,(H,18,22);1H/t9-,10-,12-,13+,14+;/m0./s1. The molecule has 25 heavy (non-hydrogen) atoms. The molecule has 1 aromatic rings. The number of hydrogen-bond donors (Lipinski definition) is 3. The molecule has 3 rings (SSSR count). The maximum atomic E-state index is 12.4. The number of aliphatic hydroxyl groups is 1. The summed E-state index contributed by atoms with van der Waals surface area (Å²) in [5, 5.41) is 16.9. The van der Waals surface area contributed by atoms with E-state index < -0.39 is 6.10 Å². The van der Waals surface area contributed by atoms with E-state index in [1.807, 2.05) is 13.8 Å². The Hall–Kier alpha value is -1.26. The number of nitrogens with one attached hydrogen (secondary N) is 1. The molecular formula is C15H26ClN5O4. The Kier molecular flexibility index (Phi) is 6.39. The quantitative estimate of drug-likeness (QED) is 0.622. The number of halogens is 1. The van der Waals surface area contributed by atoms with Gasteiger partial charge in [0.05, 0.1) is 25.3 Å². The van der Waals surface area contributed by atoms with E-state index in [4.69, 9.17) is 15.2 Å². The zero-order valence-corrected chi connectivity index (χ0v) is 15.4. The average molecular weight is 376 g/mol. The number of amides is 1. The second-order valence-electron chi connectivity index (χ2n) is 6.78. The van der Waals surface area contributed by atoms with Crippen molar-refractivity contribution in [3.8, 4) is 0 Å². The molecule has 142 valence electrons. The summed E-state index contributed by atoms with van der Waals surface area (Å²) in [6.07, 6.45) is -1.31. The molecule has 0 saturated carbocycles. The van der Waals surface area contributed by atoms with E-state index in [1.54, 1.807) is 11.6 Å². The Bertz CT molecular complexity index is 611. The molecule has 0 aliphatic carbocycles. The van der Waals surface area contributed by atoms with Gasteiger partial charge in [0.1, 0.15) is 36.5 Å². The summed E-state index contributed by atoms with van der Waals surface area (Å²) < 4.78 is 12.6. The minimum absolute atomic E-state index is 0. The molecule has 0 spiro atoms. The summed E-state index contributed by atoms with van der Waals surface area (Å²) in [6, 6.07) is -0.557. The van der Waals surface area contributed by atoms with Gasteiger partial charge in [-0.3, -0.25) is 4.79 Å². The van der Waals surface area contributed by atoms with E-state index in [2.05, 4.69) is 15.4 Å². The van der Waals surface area contributed by atoms with Gasteiger partial charge in [0.25, 0.3) is 0 Å². The molecule has 0 aromatic carbocycles. The Morgan fingerprint density at radius 2 is 2.08 bits per heavy atom. The first-order valence-electron chi connectivity index (χ1n) is 8.24. The van der Waals surface area contributed by atoms with Gasteiger partial charge in [-0.2, -0.15) is 5.10 Å². The number of aryl methyl sites for hydroxylation is 1. The van der Waals surface area contributed by atoms with Crippen molar-refractivity contribution < 1.29 is 19.4 Å². The van der Waals surface area contributed by atoms with Crippen LogP contribution in [0.15, 0.2) is 0 Å². The third-order valence-corrected chi connectivity index (χ3v) is 4.49. The largest absolute Gasteiger partial charge is 0.388 e. The van der Waals surface area contributed by atoms with Crippen molar-refractivity contribution in [3.63, 3.8) is 0 Å². The summed E-state index contributed by atoms with van der Waals surface area (Å²) in [6.45, 7) is 6.36. The molecule has 1 aromatic heterocycles. The summed E-state index contributed by atoms with van der Waals surface area (Å²) in [5.74, 6) is 1.16. The highest BCUT2D eigenvalue weighted by atomic mass is 35.5. The van der Waals surface area contributed by atoms with Gasteiger partial charge in [-0.05, 0) is 12.8 Å². The lowest BCUT2D eigenvalue weighted by atomic mass is 10.1. The van der Waals surface area contributed by atoms with Crippen molar-refractivity contribution in [1.82, 2.24) is 20.1 Å². The lowest BCUT2D eigenvalue weighted by Gasteiger charge is -2.19. The summed E-state index contributed by atoms with van der Waals surface area (Å²) in [4.78, 5) is 16.7. The van der Waals surface area contributed by atoms with Gasteiger partial charge in [0.15, 0.2) is 0 Å². The second-order valence-corrected chi connectivity index (χ2v) is 6.78. The van der Waals surface area contributed by atoms with E-state index in [9.17, 15) is 9.90 Å². The normalized spacial score (nSPS) is 29.4. The van der Waals surface area contributed by atoms with Crippen LogP contribution in [-0.2, 0) is 20.8 Å². The third kappa shape index (κ3) is 4.12. The molecule has 2 aliphatic rings. The van der Waals surface area contributed by atoms with Crippen molar-refractivity contribution in [3.05, 3.63) is 11.6 Å². The number of nitrogens with zero attached hydrogens (tertiary/aromatic N) is 3. The minimum Gasteiger partial charge on any atom is -0.388 e. The minimum atomic E-state index is -0.634. The highest BCUT2D eigenvalue weighted by molar-refractivity contribution is 5.85. The third-order valence-electron chi connectivity index (χ3n) is 4.49. The molecule has 5 atom stereocenters. The fraction of sp³-hybridized carbons (Fsp3) is 0.800. The van der Waals surface area contributed by atoms with Crippen LogP contribution in [0.25, 0.3) is 0 Å². The highest BCUT2D eigenvalue weighted by Gasteiger charge is 2.47. The predicted molar refractivity (Wildman–Crippen MR) is 91.2 cm³/mol. The Morgan fingerprint density at radius 1 is 1.40 bits per heavy atom. The predicted octanol–water partition coefficient (Wildman–Crippen LogP) is -0.693. The van der Waals surface area contributed by atoms with Gasteiger partial charge in [-0.1, -0.05) is 13.8 Å². The van der Waals surface area contributed by atoms with Crippen LogP contribution in [0.2, 0.25) is 0 Å². The molecule has 2 aliphatic heterocycles. The van der Waals surface area contributed by atoms with Crippen LogP contribution >= 0.6 is 12.4 Å². The van der Waals surface area contributed by atoms with Crippen LogP contribution in [0.1, 0.15) is 31.5 Å². The van der Waals surface area contributed by atoms with Gasteiger partial charge in [0, 0.05) is 0 Å². The average Bonchev–Trinajstić information content (AvgIpc) is 3.17. The Balaban J connectivity index is 0.00000225. The van der Waals surface area contributed by atoms with E-state index >= 15 is 0 Å². The van der Waals surface area contributed by atoms with Crippen LogP contribution in [0, 0.1) is 12.8 Å². The molecule has 2 saturated heterocycles. The van der Waals surface area contributed by atoms with Crippen molar-refractivity contribution >= 4 is 18.3 Å². The Morgan fingerprint density at radius 3 is 2.76 bits per heavy atom. The molecule has 2 fully saturated rings. The van der Waals surface area contributed by atoms with Crippen LogP contribution in [0.5, 0.6) is 0 Å². The molecule has 10 heteroatoms. The smallest absolute Gasteiger partial charge is 0.242 e.